The first kappa shape index (κ1) is 41.5. The van der Waals surface area contributed by atoms with E-state index in [2.05, 4.69) is 71.3 Å². The molecule has 16 heteroatoms. The highest BCUT2D eigenvalue weighted by molar-refractivity contribution is 5.94. The van der Waals surface area contributed by atoms with Gasteiger partial charge in [-0.05, 0) is 56.7 Å². The minimum Gasteiger partial charge on any atom is -0.358 e. The Morgan fingerprint density at radius 2 is 1.57 bits per heavy atom. The molecule has 2 unspecified atom stereocenters. The number of hydrogen-bond acceptors (Lipinski definition) is 12. The van der Waals surface area contributed by atoms with Gasteiger partial charge in [-0.25, -0.2) is 0 Å². The van der Waals surface area contributed by atoms with Crippen molar-refractivity contribution >= 4 is 52.5 Å². The lowest BCUT2D eigenvalue weighted by Crippen LogP contribution is -2.26. The van der Waals surface area contributed by atoms with Crippen LogP contribution in [0, 0.1) is 35.3 Å². The van der Waals surface area contributed by atoms with Gasteiger partial charge in [0, 0.05) is 37.4 Å². The molecule has 3 amide bonds. The van der Waals surface area contributed by atoms with Crippen molar-refractivity contribution < 1.29 is 14.4 Å². The first-order valence-electron chi connectivity index (χ1n) is 18.2. The summed E-state index contributed by atoms with van der Waals surface area (Å²) in [6.45, 7) is 15.5. The summed E-state index contributed by atoms with van der Waals surface area (Å²) >= 11 is 0. The highest BCUT2D eigenvalue weighted by Gasteiger charge is 2.26. The first-order valence-corrected chi connectivity index (χ1v) is 18.2. The number of carbonyl (C=O) groups is 3. The van der Waals surface area contributed by atoms with E-state index >= 15 is 0 Å². The van der Waals surface area contributed by atoms with Crippen LogP contribution < -0.4 is 26.6 Å². The van der Waals surface area contributed by atoms with Crippen LogP contribution in [-0.2, 0) is 14.4 Å². The van der Waals surface area contributed by atoms with Gasteiger partial charge >= 0.3 is 0 Å². The molecule has 3 aromatic rings. The van der Waals surface area contributed by atoms with Crippen molar-refractivity contribution in [2.75, 3.05) is 27.4 Å². The van der Waals surface area contributed by atoms with Crippen LogP contribution in [-0.4, -0.2) is 49.0 Å². The third kappa shape index (κ3) is 11.0. The Hall–Kier alpha value is -5.90. The van der Waals surface area contributed by atoms with Gasteiger partial charge < -0.3 is 16.0 Å². The lowest BCUT2D eigenvalue weighted by molar-refractivity contribution is -0.121. The number of unbranched alkanes of at least 4 members (excludes halogenated alkanes) is 1. The Morgan fingerprint density at radius 1 is 0.925 bits per heavy atom. The molecule has 0 saturated heterocycles. The monoisotopic (exact) mass is 725 g/mol. The predicted octanol–water partition coefficient (Wildman–Crippen LogP) is 7.05. The van der Waals surface area contributed by atoms with Crippen LogP contribution in [0.4, 0.5) is 34.8 Å². The average molecular weight is 726 g/mol. The molecule has 0 bridgehead atoms. The molecule has 0 aliphatic rings. The summed E-state index contributed by atoms with van der Waals surface area (Å²) in [6.07, 6.45) is 5.24. The van der Waals surface area contributed by atoms with Crippen LogP contribution in [0.3, 0.4) is 0 Å². The van der Waals surface area contributed by atoms with Crippen LogP contribution >= 0.6 is 0 Å². The second kappa shape index (κ2) is 20.2. The standard InChI is InChI=1S/C37H51N13O3/c1-9-14-16-26(12-4)34(53)42-36-43-35(41-33(52)25(11-3)15-10-2)44-37(45-36)50-32(28(22-39)31(48-50)23(6)7)47-46-29-18-17-27(49(13-5)20-19-38)21-30(29)40-24(8)51/h17-18,21,23,25-26H,9-16,38H2,1-8H3,(H,40,51)(H2,41,42,43,44,45,52,53). The van der Waals surface area contributed by atoms with Gasteiger partial charge in [-0.15, -0.1) is 10.2 Å². The average Bonchev–Trinajstić information content (AvgIpc) is 3.51. The molecular weight excluding hydrogens is 674 g/mol. The third-order valence-corrected chi connectivity index (χ3v) is 8.47. The molecule has 0 aliphatic heterocycles. The number of rotatable bonds is 18. The van der Waals surface area contributed by atoms with Gasteiger partial charge in [-0.1, -0.05) is 60.8 Å². The van der Waals surface area contributed by atoms with E-state index in [0.29, 0.717) is 49.3 Å². The van der Waals surface area contributed by atoms with Gasteiger partial charge in [0.25, 0.3) is 5.95 Å². The van der Waals surface area contributed by atoms with E-state index in [1.54, 1.807) is 23.1 Å². The number of nitrogens with two attached hydrogens (primary N) is 1. The molecule has 1 aromatic carbocycles. The summed E-state index contributed by atoms with van der Waals surface area (Å²) in [5.74, 6) is -1.95. The molecule has 5 N–H and O–H groups in total. The van der Waals surface area contributed by atoms with Crippen LogP contribution in [0.2, 0.25) is 0 Å². The lowest BCUT2D eigenvalue weighted by Gasteiger charge is -2.17. The zero-order valence-electron chi connectivity index (χ0n) is 31.9. The summed E-state index contributed by atoms with van der Waals surface area (Å²) < 4.78 is 1.24. The van der Waals surface area contributed by atoms with Gasteiger partial charge in [0.15, 0.2) is 5.82 Å². The van der Waals surface area contributed by atoms with E-state index in [1.807, 2.05) is 41.5 Å². The maximum atomic E-state index is 13.4. The zero-order valence-corrected chi connectivity index (χ0v) is 31.9. The van der Waals surface area contributed by atoms with Crippen LogP contribution in [0.25, 0.3) is 5.95 Å². The number of nitriles is 1. The number of anilines is 4. The molecule has 53 heavy (non-hydrogen) atoms. The largest absolute Gasteiger partial charge is 0.358 e. The SMILES string of the molecule is CCCCC(CC)C(=O)Nc1nc(NC(=O)C(CC)CCC)nc(-n2nc(C(C)C)c(C#N)c2N=Nc2ccc(N(C#CN)CC)cc2NC(C)=O)n1. The number of nitrogens with one attached hydrogen (secondary N) is 3. The Balaban J connectivity index is 2.25. The second-order valence-corrected chi connectivity index (χ2v) is 12.7. The molecule has 3 rings (SSSR count). The fraction of sp³-hybridized carbons (Fsp3) is 0.514. The van der Waals surface area contributed by atoms with Gasteiger partial charge in [0.05, 0.1) is 17.1 Å². The maximum Gasteiger partial charge on any atom is 0.259 e. The van der Waals surface area contributed by atoms with Crippen molar-refractivity contribution in [3.63, 3.8) is 0 Å². The molecule has 2 aromatic heterocycles. The van der Waals surface area contributed by atoms with E-state index in [4.69, 9.17) is 5.73 Å². The van der Waals surface area contributed by atoms with E-state index in [1.165, 1.54) is 11.6 Å². The van der Waals surface area contributed by atoms with Crippen LogP contribution in [0.5, 0.6) is 0 Å². The van der Waals surface area contributed by atoms with Gasteiger partial charge in [-0.2, -0.15) is 30.0 Å². The van der Waals surface area contributed by atoms with E-state index in [0.717, 1.165) is 19.3 Å². The summed E-state index contributed by atoms with van der Waals surface area (Å²) in [5.41, 5.74) is 7.25. The number of carbonyl (C=O) groups excluding carboxylic acids is 3. The van der Waals surface area contributed by atoms with Crippen LogP contribution in [0.1, 0.15) is 118 Å². The zero-order chi connectivity index (χ0) is 39.1. The summed E-state index contributed by atoms with van der Waals surface area (Å²) in [4.78, 5) is 54.0. The Kier molecular flexibility index (Phi) is 15.8. The topological polar surface area (TPSA) is 222 Å². The molecule has 0 spiro atoms. The third-order valence-electron chi connectivity index (χ3n) is 8.47. The minimum absolute atomic E-state index is 0.00853. The Morgan fingerprint density at radius 3 is 2.08 bits per heavy atom. The number of amides is 3. The van der Waals surface area contributed by atoms with Crippen molar-refractivity contribution in [1.29, 1.82) is 5.26 Å². The van der Waals surface area contributed by atoms with Gasteiger partial charge in [0.1, 0.15) is 17.3 Å². The van der Waals surface area contributed by atoms with Crippen molar-refractivity contribution in [1.82, 2.24) is 24.7 Å². The number of azo groups is 1. The van der Waals surface area contributed by atoms with Crippen molar-refractivity contribution in [3.05, 3.63) is 29.5 Å². The second-order valence-electron chi connectivity index (χ2n) is 12.7. The normalized spacial score (nSPS) is 12.1. The molecule has 0 saturated carbocycles. The molecule has 0 fully saturated rings. The summed E-state index contributed by atoms with van der Waals surface area (Å²) in [6, 6.07) is 12.5. The quantitative estimate of drug-likeness (QED) is 0.0594. The van der Waals surface area contributed by atoms with E-state index in [9.17, 15) is 19.6 Å². The Labute approximate surface area is 311 Å². The number of hydrogen-bond donors (Lipinski definition) is 4. The van der Waals surface area contributed by atoms with Crippen molar-refractivity contribution in [2.24, 2.45) is 27.8 Å². The Bertz CT molecular complexity index is 1880. The molecule has 2 heterocycles. The molecular formula is C37H51N13O3. The first-order chi connectivity index (χ1) is 25.4. The lowest BCUT2D eigenvalue weighted by atomic mass is 9.99. The maximum absolute atomic E-state index is 13.4. The summed E-state index contributed by atoms with van der Waals surface area (Å²) in [7, 11) is 0. The van der Waals surface area contributed by atoms with E-state index < -0.39 is 0 Å². The molecule has 282 valence electrons. The molecule has 0 radical (unpaired) electrons. The smallest absolute Gasteiger partial charge is 0.259 e. The van der Waals surface area contributed by atoms with Gasteiger partial charge in [0.2, 0.25) is 29.6 Å². The highest BCUT2D eigenvalue weighted by atomic mass is 16.2. The van der Waals surface area contributed by atoms with E-state index in [-0.39, 0.29) is 70.4 Å². The predicted molar refractivity (Wildman–Crippen MR) is 205 cm³/mol. The van der Waals surface area contributed by atoms with Crippen molar-refractivity contribution in [2.45, 2.75) is 106 Å². The minimum atomic E-state index is -0.338. The number of benzene rings is 1. The van der Waals surface area contributed by atoms with Gasteiger partial charge in [-0.3, -0.25) is 25.0 Å². The van der Waals surface area contributed by atoms with Crippen LogP contribution in [0.15, 0.2) is 28.4 Å². The molecule has 16 nitrogen and oxygen atoms in total. The number of aromatic nitrogens is 5. The molecule has 0 aliphatic carbocycles. The number of nitrogens with zero attached hydrogens (tertiary/aromatic N) is 9. The summed E-state index contributed by atoms with van der Waals surface area (Å²) in [5, 5.41) is 32.3. The molecule has 2 atom stereocenters. The van der Waals surface area contributed by atoms with Crippen molar-refractivity contribution in [3.8, 4) is 24.1 Å². The fourth-order valence-electron chi connectivity index (χ4n) is 5.58. The highest BCUT2D eigenvalue weighted by Crippen LogP contribution is 2.35. The fourth-order valence-corrected chi connectivity index (χ4v) is 5.58.